The Kier molecular flexibility index (Phi) is 7.92. The summed E-state index contributed by atoms with van der Waals surface area (Å²) in [5.74, 6) is 0.636. The standard InChI is InChI=1S/C29H37ClN4O2/c30-25-9-3-8-24(19-25)26(32-27(35)23-6-1-2-7-23)10-15-33-16-11-29(12-17-33)13-18-34(28(29)36)21-22-5-4-14-31-20-22/h3-5,8-9,14,19-20,23,26H,1-2,6-7,10-13,15-18,21H2,(H,32,35). The first-order valence-corrected chi connectivity index (χ1v) is 13.9. The molecule has 7 heteroatoms. The Bertz CT molecular complexity index is 1050. The lowest BCUT2D eigenvalue weighted by molar-refractivity contribution is -0.139. The van der Waals surface area contributed by atoms with E-state index in [-0.39, 0.29) is 23.3 Å². The van der Waals surface area contributed by atoms with E-state index in [1.807, 2.05) is 41.4 Å². The summed E-state index contributed by atoms with van der Waals surface area (Å²) in [5, 5.41) is 4.03. The van der Waals surface area contributed by atoms with Gasteiger partial charge in [0.2, 0.25) is 11.8 Å². The molecule has 1 aromatic heterocycles. The molecule has 2 saturated heterocycles. The Labute approximate surface area is 219 Å². The van der Waals surface area contributed by atoms with Crippen LogP contribution >= 0.6 is 11.6 Å². The molecular formula is C29H37ClN4O2. The third-order valence-corrected chi connectivity index (χ3v) is 8.77. The molecular weight excluding hydrogens is 472 g/mol. The van der Waals surface area contributed by atoms with Gasteiger partial charge in [-0.15, -0.1) is 0 Å². The zero-order valence-electron chi connectivity index (χ0n) is 21.0. The van der Waals surface area contributed by atoms with Crippen molar-refractivity contribution in [3.63, 3.8) is 0 Å². The van der Waals surface area contributed by atoms with Crippen molar-refractivity contribution < 1.29 is 9.59 Å². The number of likely N-dealkylation sites (tertiary alicyclic amines) is 2. The monoisotopic (exact) mass is 508 g/mol. The minimum atomic E-state index is -0.207. The number of pyridine rings is 1. The lowest BCUT2D eigenvalue weighted by Crippen LogP contribution is -2.45. The number of halogens is 1. The van der Waals surface area contributed by atoms with Crippen LogP contribution in [-0.2, 0) is 16.1 Å². The summed E-state index contributed by atoms with van der Waals surface area (Å²) < 4.78 is 0. The van der Waals surface area contributed by atoms with Gasteiger partial charge in [0.25, 0.3) is 0 Å². The zero-order valence-corrected chi connectivity index (χ0v) is 21.8. The molecule has 3 heterocycles. The highest BCUT2D eigenvalue weighted by atomic mass is 35.5. The second-order valence-electron chi connectivity index (χ2n) is 10.8. The minimum absolute atomic E-state index is 0.0456. The van der Waals surface area contributed by atoms with E-state index in [2.05, 4.69) is 21.3 Å². The van der Waals surface area contributed by atoms with Crippen LogP contribution in [0.5, 0.6) is 0 Å². The van der Waals surface area contributed by atoms with Gasteiger partial charge < -0.3 is 15.1 Å². The maximum atomic E-state index is 13.4. The van der Waals surface area contributed by atoms with Gasteiger partial charge in [-0.3, -0.25) is 14.6 Å². The summed E-state index contributed by atoms with van der Waals surface area (Å²) >= 11 is 6.28. The van der Waals surface area contributed by atoms with Crippen LogP contribution in [0.15, 0.2) is 48.8 Å². The van der Waals surface area contributed by atoms with Crippen LogP contribution in [0, 0.1) is 11.3 Å². The molecule has 0 radical (unpaired) electrons. The third-order valence-electron chi connectivity index (χ3n) is 8.54. The molecule has 1 N–H and O–H groups in total. The molecule has 2 aromatic rings. The largest absolute Gasteiger partial charge is 0.349 e. The van der Waals surface area contributed by atoms with Gasteiger partial charge >= 0.3 is 0 Å². The van der Waals surface area contributed by atoms with Crippen LogP contribution in [-0.4, -0.2) is 52.8 Å². The van der Waals surface area contributed by atoms with Crippen molar-refractivity contribution >= 4 is 23.4 Å². The summed E-state index contributed by atoms with van der Waals surface area (Å²) in [6.45, 7) is 4.22. The summed E-state index contributed by atoms with van der Waals surface area (Å²) in [6.07, 6.45) is 11.5. The van der Waals surface area contributed by atoms with Crippen molar-refractivity contribution in [1.82, 2.24) is 20.1 Å². The van der Waals surface area contributed by atoms with Gasteiger partial charge in [-0.2, -0.15) is 0 Å². The Morgan fingerprint density at radius 1 is 1.11 bits per heavy atom. The van der Waals surface area contributed by atoms with Crippen LogP contribution in [0.2, 0.25) is 5.02 Å². The molecule has 3 fully saturated rings. The molecule has 1 unspecified atom stereocenters. The van der Waals surface area contributed by atoms with Gasteiger partial charge in [-0.05, 0) is 80.9 Å². The van der Waals surface area contributed by atoms with Gasteiger partial charge in [0.05, 0.1) is 11.5 Å². The molecule has 2 aliphatic heterocycles. The molecule has 1 spiro atoms. The molecule has 5 rings (SSSR count). The van der Waals surface area contributed by atoms with Crippen molar-refractivity contribution in [3.8, 4) is 0 Å². The Hall–Kier alpha value is -2.44. The number of nitrogens with zero attached hydrogens (tertiary/aromatic N) is 3. The van der Waals surface area contributed by atoms with E-state index in [1.54, 1.807) is 6.20 Å². The van der Waals surface area contributed by atoms with Crippen LogP contribution in [0.1, 0.15) is 68.5 Å². The Balaban J connectivity index is 1.16. The van der Waals surface area contributed by atoms with Gasteiger partial charge in [0.15, 0.2) is 0 Å². The number of piperidine rings is 1. The van der Waals surface area contributed by atoms with Crippen molar-refractivity contribution in [2.75, 3.05) is 26.2 Å². The highest BCUT2D eigenvalue weighted by Gasteiger charge is 2.47. The number of rotatable bonds is 8. The first-order valence-electron chi connectivity index (χ1n) is 13.5. The molecule has 0 bridgehead atoms. The number of carbonyl (C=O) groups is 2. The molecule has 192 valence electrons. The Morgan fingerprint density at radius 3 is 2.61 bits per heavy atom. The topological polar surface area (TPSA) is 65.5 Å². The van der Waals surface area contributed by atoms with Gasteiger partial charge in [-0.25, -0.2) is 0 Å². The van der Waals surface area contributed by atoms with E-state index in [9.17, 15) is 9.59 Å². The molecule has 1 atom stereocenters. The maximum Gasteiger partial charge on any atom is 0.229 e. The second-order valence-corrected chi connectivity index (χ2v) is 11.3. The SMILES string of the molecule is O=C(NC(CCN1CCC2(CC1)CCN(Cc1cccnc1)C2=O)c1cccc(Cl)c1)C1CCCC1. The first-order chi connectivity index (χ1) is 17.5. The highest BCUT2D eigenvalue weighted by molar-refractivity contribution is 6.30. The van der Waals surface area contributed by atoms with Gasteiger partial charge in [0.1, 0.15) is 0 Å². The summed E-state index contributed by atoms with van der Waals surface area (Å²) in [7, 11) is 0. The number of nitrogens with one attached hydrogen (secondary N) is 1. The summed E-state index contributed by atoms with van der Waals surface area (Å²) in [6, 6.07) is 11.8. The van der Waals surface area contributed by atoms with Crippen LogP contribution < -0.4 is 5.32 Å². The van der Waals surface area contributed by atoms with Crippen molar-refractivity contribution in [2.24, 2.45) is 11.3 Å². The van der Waals surface area contributed by atoms with Crippen LogP contribution in [0.25, 0.3) is 0 Å². The minimum Gasteiger partial charge on any atom is -0.349 e. The maximum absolute atomic E-state index is 13.4. The van der Waals surface area contributed by atoms with E-state index in [0.717, 1.165) is 88.7 Å². The number of benzene rings is 1. The van der Waals surface area contributed by atoms with E-state index in [1.165, 1.54) is 0 Å². The van der Waals surface area contributed by atoms with Gasteiger partial charge in [-0.1, -0.05) is 42.6 Å². The average Bonchev–Trinajstić information content (AvgIpc) is 3.54. The highest BCUT2D eigenvalue weighted by Crippen LogP contribution is 2.42. The van der Waals surface area contributed by atoms with E-state index >= 15 is 0 Å². The molecule has 3 aliphatic rings. The molecule has 1 aromatic carbocycles. The van der Waals surface area contributed by atoms with Crippen LogP contribution in [0.4, 0.5) is 0 Å². The van der Waals surface area contributed by atoms with E-state index in [4.69, 9.17) is 11.6 Å². The smallest absolute Gasteiger partial charge is 0.229 e. The molecule has 6 nitrogen and oxygen atoms in total. The Morgan fingerprint density at radius 2 is 1.89 bits per heavy atom. The fraction of sp³-hybridized carbons (Fsp3) is 0.552. The normalized spacial score (nSPS) is 21.2. The van der Waals surface area contributed by atoms with Crippen molar-refractivity contribution in [1.29, 1.82) is 0 Å². The van der Waals surface area contributed by atoms with Crippen molar-refractivity contribution in [3.05, 3.63) is 64.9 Å². The molecule has 2 amide bonds. The fourth-order valence-electron chi connectivity index (χ4n) is 6.26. The summed E-state index contributed by atoms with van der Waals surface area (Å²) in [5.41, 5.74) is 1.95. The fourth-order valence-corrected chi connectivity index (χ4v) is 6.46. The average molecular weight is 509 g/mol. The number of hydrogen-bond acceptors (Lipinski definition) is 4. The lowest BCUT2D eigenvalue weighted by atomic mass is 9.77. The van der Waals surface area contributed by atoms with E-state index < -0.39 is 0 Å². The molecule has 1 aliphatic carbocycles. The quantitative estimate of drug-likeness (QED) is 0.545. The molecule has 1 saturated carbocycles. The first kappa shape index (κ1) is 25.2. The van der Waals surface area contributed by atoms with Crippen LogP contribution in [0.3, 0.4) is 0 Å². The van der Waals surface area contributed by atoms with E-state index in [0.29, 0.717) is 17.5 Å². The predicted molar refractivity (Wildman–Crippen MR) is 141 cm³/mol. The number of amides is 2. The van der Waals surface area contributed by atoms with Gasteiger partial charge in [0, 0.05) is 43.0 Å². The lowest BCUT2D eigenvalue weighted by Gasteiger charge is -2.38. The third kappa shape index (κ3) is 5.76. The second kappa shape index (κ2) is 11.3. The molecule has 36 heavy (non-hydrogen) atoms. The van der Waals surface area contributed by atoms with Crippen molar-refractivity contribution in [2.45, 2.75) is 64.0 Å². The predicted octanol–water partition coefficient (Wildman–Crippen LogP) is 4.99. The number of hydrogen-bond donors (Lipinski definition) is 1. The zero-order chi connectivity index (χ0) is 25.0. The summed E-state index contributed by atoms with van der Waals surface area (Å²) in [4.78, 5) is 34.9. The number of aromatic nitrogens is 1. The number of carbonyl (C=O) groups excluding carboxylic acids is 2.